The number of pyridine rings is 1. The van der Waals surface area contributed by atoms with Crippen molar-refractivity contribution in [3.8, 4) is 6.07 Å². The summed E-state index contributed by atoms with van der Waals surface area (Å²) in [5, 5.41) is 9.17. The molecule has 26 heavy (non-hydrogen) atoms. The van der Waals surface area contributed by atoms with Gasteiger partial charge in [-0.25, -0.2) is 0 Å². The molecule has 1 aliphatic rings. The molecule has 0 radical (unpaired) electrons. The number of nitrogens with zero attached hydrogens (tertiary/aromatic N) is 2. The maximum Gasteiger partial charge on any atom is 0.266 e. The normalized spacial score (nSPS) is 15.4. The summed E-state index contributed by atoms with van der Waals surface area (Å²) in [5.41, 5.74) is 4.63. The number of nitrogens with one attached hydrogen (secondary N) is 1. The lowest BCUT2D eigenvalue weighted by molar-refractivity contribution is -0.132. The highest BCUT2D eigenvalue weighted by atomic mass is 16.2. The summed E-state index contributed by atoms with van der Waals surface area (Å²) in [6, 6.07) is 10.4. The van der Waals surface area contributed by atoms with E-state index >= 15 is 0 Å². The quantitative estimate of drug-likeness (QED) is 0.922. The van der Waals surface area contributed by atoms with Gasteiger partial charge in [0.15, 0.2) is 0 Å². The average molecular weight is 349 g/mol. The van der Waals surface area contributed by atoms with Gasteiger partial charge in [-0.15, -0.1) is 0 Å². The van der Waals surface area contributed by atoms with Crippen LogP contribution in [0.25, 0.3) is 0 Å². The van der Waals surface area contributed by atoms with Crippen LogP contribution in [-0.4, -0.2) is 22.8 Å². The molecule has 0 fully saturated rings. The van der Waals surface area contributed by atoms with Gasteiger partial charge in [0.2, 0.25) is 5.91 Å². The van der Waals surface area contributed by atoms with E-state index in [0.29, 0.717) is 18.4 Å². The number of hydrogen-bond donors (Lipinski definition) is 1. The van der Waals surface area contributed by atoms with E-state index in [1.54, 1.807) is 6.92 Å². The number of carbonyl (C=O) groups excluding carboxylic acids is 1. The first-order valence-electron chi connectivity index (χ1n) is 8.90. The Morgan fingerprint density at radius 1 is 1.35 bits per heavy atom. The molecule has 134 valence electrons. The number of hydrogen-bond acceptors (Lipinski definition) is 3. The van der Waals surface area contributed by atoms with Crippen LogP contribution in [0.5, 0.6) is 0 Å². The fourth-order valence-electron chi connectivity index (χ4n) is 3.94. The smallest absolute Gasteiger partial charge is 0.266 e. The molecule has 0 spiro atoms. The van der Waals surface area contributed by atoms with E-state index < -0.39 is 0 Å². The summed E-state index contributed by atoms with van der Waals surface area (Å²) >= 11 is 0. The predicted octanol–water partition coefficient (Wildman–Crippen LogP) is 2.94. The molecule has 1 heterocycles. The van der Waals surface area contributed by atoms with Crippen LogP contribution in [0, 0.1) is 25.2 Å². The van der Waals surface area contributed by atoms with Crippen LogP contribution in [0.4, 0.5) is 0 Å². The van der Waals surface area contributed by atoms with Crippen molar-refractivity contribution in [2.75, 3.05) is 7.05 Å². The van der Waals surface area contributed by atoms with Gasteiger partial charge in [0.05, 0.1) is 6.04 Å². The molecule has 0 saturated carbocycles. The van der Waals surface area contributed by atoms with E-state index in [9.17, 15) is 14.9 Å². The first-order chi connectivity index (χ1) is 12.4. The van der Waals surface area contributed by atoms with Gasteiger partial charge in [0.25, 0.3) is 5.56 Å². The van der Waals surface area contributed by atoms with Crippen molar-refractivity contribution in [2.45, 2.75) is 45.6 Å². The Hall–Kier alpha value is -2.87. The summed E-state index contributed by atoms with van der Waals surface area (Å²) in [5.74, 6) is 0.0789. The van der Waals surface area contributed by atoms with Crippen LogP contribution in [0.1, 0.15) is 52.4 Å². The standard InChI is InChI=1S/C21H23N3O2/c1-13-16(14(2)23-21(26)18(13)12-22)9-11-20(25)24(3)19-10-8-15-6-4-5-7-17(15)19/h4-7,19H,8-11H2,1-3H3,(H,23,26)/t19-/m1/s1. The minimum atomic E-state index is -0.364. The second-order valence-corrected chi connectivity index (χ2v) is 6.93. The van der Waals surface area contributed by atoms with Crippen molar-refractivity contribution in [1.29, 1.82) is 5.26 Å². The summed E-state index contributed by atoms with van der Waals surface area (Å²) in [6.45, 7) is 3.59. The van der Waals surface area contributed by atoms with Crippen LogP contribution >= 0.6 is 0 Å². The van der Waals surface area contributed by atoms with Gasteiger partial charge in [-0.3, -0.25) is 9.59 Å². The van der Waals surface area contributed by atoms with Crippen molar-refractivity contribution in [1.82, 2.24) is 9.88 Å². The topological polar surface area (TPSA) is 77.0 Å². The predicted molar refractivity (Wildman–Crippen MR) is 99.8 cm³/mol. The molecular formula is C21H23N3O2. The van der Waals surface area contributed by atoms with E-state index in [1.165, 1.54) is 11.1 Å². The van der Waals surface area contributed by atoms with Crippen molar-refractivity contribution < 1.29 is 4.79 Å². The molecule has 1 N–H and O–H groups in total. The number of fused-ring (bicyclic) bond motifs is 1. The van der Waals surface area contributed by atoms with Crippen LogP contribution in [0.2, 0.25) is 0 Å². The summed E-state index contributed by atoms with van der Waals surface area (Å²) < 4.78 is 0. The van der Waals surface area contributed by atoms with Crippen LogP contribution in [0.3, 0.4) is 0 Å². The van der Waals surface area contributed by atoms with E-state index in [1.807, 2.05) is 37.1 Å². The lowest BCUT2D eigenvalue weighted by Crippen LogP contribution is -2.30. The fourth-order valence-corrected chi connectivity index (χ4v) is 3.94. The highest BCUT2D eigenvalue weighted by Gasteiger charge is 2.28. The minimum Gasteiger partial charge on any atom is -0.339 e. The monoisotopic (exact) mass is 349 g/mol. The Bertz CT molecular complexity index is 953. The van der Waals surface area contributed by atoms with E-state index in [2.05, 4.69) is 17.1 Å². The molecule has 3 rings (SSSR count). The fraction of sp³-hybridized carbons (Fsp3) is 0.381. The maximum absolute atomic E-state index is 12.7. The summed E-state index contributed by atoms with van der Waals surface area (Å²) in [4.78, 5) is 29.1. The lowest BCUT2D eigenvalue weighted by atomic mass is 9.98. The highest BCUT2D eigenvalue weighted by Crippen LogP contribution is 2.35. The lowest BCUT2D eigenvalue weighted by Gasteiger charge is -2.26. The SMILES string of the molecule is Cc1[nH]c(=O)c(C#N)c(C)c1CCC(=O)N(C)[C@@H]1CCc2ccccc21. The van der Waals surface area contributed by atoms with Gasteiger partial charge in [-0.1, -0.05) is 24.3 Å². The van der Waals surface area contributed by atoms with Crippen molar-refractivity contribution in [3.05, 3.63) is 68.1 Å². The number of aromatic amines is 1. The molecule has 1 aromatic carbocycles. The van der Waals surface area contributed by atoms with E-state index in [4.69, 9.17) is 0 Å². The highest BCUT2D eigenvalue weighted by molar-refractivity contribution is 5.77. The first kappa shape index (κ1) is 17.9. The average Bonchev–Trinajstić information content (AvgIpc) is 3.04. The second kappa shape index (κ2) is 7.17. The molecule has 1 aliphatic carbocycles. The van der Waals surface area contributed by atoms with Gasteiger partial charge in [-0.05, 0) is 55.4 Å². The Kier molecular flexibility index (Phi) is 4.94. The van der Waals surface area contributed by atoms with Gasteiger partial charge < -0.3 is 9.88 Å². The van der Waals surface area contributed by atoms with Gasteiger partial charge in [0.1, 0.15) is 11.6 Å². The second-order valence-electron chi connectivity index (χ2n) is 6.93. The number of carbonyl (C=O) groups is 1. The van der Waals surface area contributed by atoms with Crippen molar-refractivity contribution in [3.63, 3.8) is 0 Å². The molecule has 1 atom stereocenters. The third-order valence-electron chi connectivity index (χ3n) is 5.47. The number of aryl methyl sites for hydroxylation is 2. The number of amides is 1. The molecule has 0 unspecified atom stereocenters. The van der Waals surface area contributed by atoms with E-state index in [0.717, 1.165) is 24.1 Å². The van der Waals surface area contributed by atoms with Crippen LogP contribution in [-0.2, 0) is 17.6 Å². The molecule has 1 aromatic heterocycles. The van der Waals surface area contributed by atoms with Crippen molar-refractivity contribution in [2.24, 2.45) is 0 Å². The molecule has 5 nitrogen and oxygen atoms in total. The van der Waals surface area contributed by atoms with Gasteiger partial charge in [0, 0.05) is 19.2 Å². The van der Waals surface area contributed by atoms with E-state index in [-0.39, 0.29) is 23.1 Å². The first-order valence-corrected chi connectivity index (χ1v) is 8.90. The molecule has 0 saturated heterocycles. The van der Waals surface area contributed by atoms with Gasteiger partial charge >= 0.3 is 0 Å². The Balaban J connectivity index is 1.74. The number of H-pyrrole nitrogens is 1. The Morgan fingerprint density at radius 3 is 2.81 bits per heavy atom. The zero-order valence-electron chi connectivity index (χ0n) is 15.4. The Labute approximate surface area is 153 Å². The molecule has 0 bridgehead atoms. The van der Waals surface area contributed by atoms with Crippen LogP contribution in [0.15, 0.2) is 29.1 Å². The third-order valence-corrected chi connectivity index (χ3v) is 5.47. The third kappa shape index (κ3) is 3.15. The number of aromatic nitrogens is 1. The zero-order chi connectivity index (χ0) is 18.8. The molecule has 0 aliphatic heterocycles. The van der Waals surface area contributed by atoms with Gasteiger partial charge in [-0.2, -0.15) is 5.26 Å². The zero-order valence-corrected chi connectivity index (χ0v) is 15.4. The Morgan fingerprint density at radius 2 is 2.08 bits per heavy atom. The molecular weight excluding hydrogens is 326 g/mol. The number of nitriles is 1. The number of benzene rings is 1. The summed E-state index contributed by atoms with van der Waals surface area (Å²) in [6.07, 6.45) is 2.83. The summed E-state index contributed by atoms with van der Waals surface area (Å²) in [7, 11) is 1.86. The molecule has 2 aromatic rings. The van der Waals surface area contributed by atoms with Crippen molar-refractivity contribution >= 4 is 5.91 Å². The molecule has 1 amide bonds. The molecule has 5 heteroatoms. The number of rotatable bonds is 4. The van der Waals surface area contributed by atoms with Crippen LogP contribution < -0.4 is 5.56 Å². The largest absolute Gasteiger partial charge is 0.339 e. The minimum absolute atomic E-state index is 0.0789. The maximum atomic E-state index is 12.7.